The minimum absolute atomic E-state index is 0.0411. The highest BCUT2D eigenvalue weighted by Gasteiger charge is 2.48. The predicted octanol–water partition coefficient (Wildman–Crippen LogP) is 5.15. The number of hydrogen-bond donors (Lipinski definition) is 1. The number of halogens is 4. The van der Waals surface area contributed by atoms with Crippen molar-refractivity contribution in [2.24, 2.45) is 0 Å². The van der Waals surface area contributed by atoms with Crippen molar-refractivity contribution in [3.63, 3.8) is 0 Å². The maximum atomic E-state index is 14.6. The van der Waals surface area contributed by atoms with Crippen LogP contribution in [0.4, 0.5) is 29.5 Å². The highest BCUT2D eigenvalue weighted by Crippen LogP contribution is 2.39. The van der Waals surface area contributed by atoms with Gasteiger partial charge in [0.2, 0.25) is 5.91 Å². The Balaban J connectivity index is 1.62. The molecular formula is C29H23ClF3N5O4. The first-order valence-corrected chi connectivity index (χ1v) is 13.3. The van der Waals surface area contributed by atoms with E-state index in [0.717, 1.165) is 21.9 Å². The molecule has 2 heterocycles. The molecule has 3 amide bonds. The van der Waals surface area contributed by atoms with Gasteiger partial charge >= 0.3 is 6.09 Å². The van der Waals surface area contributed by atoms with Crippen LogP contribution in [-0.2, 0) is 14.3 Å². The lowest BCUT2D eigenvalue weighted by molar-refractivity contribution is -0.133. The van der Waals surface area contributed by atoms with Crippen LogP contribution in [0, 0.1) is 17.1 Å². The van der Waals surface area contributed by atoms with Gasteiger partial charge in [-0.3, -0.25) is 14.5 Å². The zero-order valence-corrected chi connectivity index (χ0v) is 22.6. The van der Waals surface area contributed by atoms with Crippen molar-refractivity contribution in [2.45, 2.75) is 43.3 Å². The lowest BCUT2D eigenvalue weighted by Gasteiger charge is -2.40. The molecule has 0 spiro atoms. The zero-order chi connectivity index (χ0) is 30.0. The van der Waals surface area contributed by atoms with Crippen LogP contribution in [-0.4, -0.2) is 47.5 Å². The molecule has 1 aliphatic carbocycles. The summed E-state index contributed by atoms with van der Waals surface area (Å²) in [5.41, 5.74) is 0.267. The van der Waals surface area contributed by atoms with E-state index in [9.17, 15) is 32.8 Å². The van der Waals surface area contributed by atoms with Crippen LogP contribution in [0.15, 0.2) is 66.9 Å². The topological polar surface area (TPSA) is 116 Å². The molecule has 0 bridgehead atoms. The van der Waals surface area contributed by atoms with Gasteiger partial charge in [0.25, 0.3) is 11.8 Å². The van der Waals surface area contributed by atoms with Gasteiger partial charge in [0.15, 0.2) is 0 Å². The van der Waals surface area contributed by atoms with Gasteiger partial charge in [-0.1, -0.05) is 35.9 Å². The Morgan fingerprint density at radius 1 is 1.17 bits per heavy atom. The van der Waals surface area contributed by atoms with E-state index in [4.69, 9.17) is 16.3 Å². The summed E-state index contributed by atoms with van der Waals surface area (Å²) >= 11 is 6.49. The van der Waals surface area contributed by atoms with E-state index in [-0.39, 0.29) is 40.7 Å². The highest BCUT2D eigenvalue weighted by molar-refractivity contribution is 6.31. The third-order valence-corrected chi connectivity index (χ3v) is 7.34. The number of carbonyl (C=O) groups is 3. The Morgan fingerprint density at radius 2 is 1.93 bits per heavy atom. The van der Waals surface area contributed by atoms with Crippen LogP contribution in [0.5, 0.6) is 0 Å². The second-order valence-corrected chi connectivity index (χ2v) is 10.3. The average Bonchev–Trinajstić information content (AvgIpc) is 2.95. The fourth-order valence-electron chi connectivity index (χ4n) is 5.02. The summed E-state index contributed by atoms with van der Waals surface area (Å²) in [5, 5.41) is 12.0. The number of pyridine rings is 1. The molecule has 42 heavy (non-hydrogen) atoms. The maximum Gasteiger partial charge on any atom is 0.416 e. The smallest absolute Gasteiger partial charge is 0.416 e. The van der Waals surface area contributed by atoms with Crippen molar-refractivity contribution in [1.29, 1.82) is 5.26 Å². The van der Waals surface area contributed by atoms with E-state index in [0.29, 0.717) is 0 Å². The number of anilines is 2. The first-order chi connectivity index (χ1) is 20.1. The third-order valence-electron chi connectivity index (χ3n) is 7.00. The van der Waals surface area contributed by atoms with E-state index in [1.807, 2.05) is 6.07 Å². The van der Waals surface area contributed by atoms with Crippen LogP contribution in [0.3, 0.4) is 0 Å². The number of hydrogen-bond acceptors (Lipinski definition) is 6. The molecule has 0 radical (unpaired) electrons. The summed E-state index contributed by atoms with van der Waals surface area (Å²) in [7, 11) is 0. The molecule has 2 fully saturated rings. The molecule has 1 saturated heterocycles. The number of alkyl halides is 2. The first-order valence-electron chi connectivity index (χ1n) is 12.9. The number of aromatic nitrogens is 1. The fourth-order valence-corrected chi connectivity index (χ4v) is 5.26. The van der Waals surface area contributed by atoms with E-state index >= 15 is 0 Å². The molecule has 1 saturated carbocycles. The van der Waals surface area contributed by atoms with Crippen molar-refractivity contribution in [1.82, 2.24) is 10.3 Å². The largest absolute Gasteiger partial charge is 0.449 e. The molecule has 13 heteroatoms. The van der Waals surface area contributed by atoms with Crippen LogP contribution in [0.2, 0.25) is 5.02 Å². The first kappa shape index (κ1) is 28.9. The number of rotatable bonds is 7. The molecule has 2 atom stereocenters. The number of carbonyl (C=O) groups excluding carboxylic acids is 3. The van der Waals surface area contributed by atoms with Crippen molar-refractivity contribution < 1.29 is 32.3 Å². The number of amides is 3. The highest BCUT2D eigenvalue weighted by atomic mass is 35.5. The maximum absolute atomic E-state index is 14.6. The zero-order valence-electron chi connectivity index (χ0n) is 21.8. The fraction of sp³-hybridized carbons (Fsp3) is 0.276. The SMILES string of the molecule is N#Cc1ccnc(N2C(=O)OCC[C@H]2C(=O)N(c2cccc(F)c2)[C@H](C(=O)NC2CC(F)(F)C2)c2ccccc2Cl)c1. The number of nitriles is 1. The van der Waals surface area contributed by atoms with E-state index < -0.39 is 60.6 Å². The quantitative estimate of drug-likeness (QED) is 0.403. The molecule has 5 rings (SSSR count). The molecule has 216 valence electrons. The molecular weight excluding hydrogens is 575 g/mol. The standard InChI is InChI=1S/C29H23ClF3N5O4/c30-22-7-2-1-6-21(22)25(26(39)36-19-14-29(32,33)15-19)37(20-5-3-4-18(31)13-20)27(40)23-9-11-42-28(41)38(23)24-12-17(16-34)8-10-35-24/h1-8,10,12-13,19,23,25H,9,11,14-15H2,(H,36,39)/t23-,25-/m0/s1. The summed E-state index contributed by atoms with van der Waals surface area (Å²) in [6.07, 6.45) is -0.830. The Bertz CT molecular complexity index is 1570. The normalized spacial score (nSPS) is 18.7. The molecule has 1 N–H and O–H groups in total. The summed E-state index contributed by atoms with van der Waals surface area (Å²) in [5.74, 6) is -5.34. The predicted molar refractivity (Wildman–Crippen MR) is 145 cm³/mol. The minimum atomic E-state index is -2.93. The summed E-state index contributed by atoms with van der Waals surface area (Å²) in [4.78, 5) is 47.4. The van der Waals surface area contributed by atoms with Gasteiger partial charge in [-0.25, -0.2) is 27.8 Å². The van der Waals surface area contributed by atoms with Crippen LogP contribution in [0.25, 0.3) is 0 Å². The second-order valence-electron chi connectivity index (χ2n) is 9.89. The summed E-state index contributed by atoms with van der Waals surface area (Å²) in [6, 6.07) is 12.0. The molecule has 9 nitrogen and oxygen atoms in total. The summed E-state index contributed by atoms with van der Waals surface area (Å²) in [6.45, 7) is -0.152. The van der Waals surface area contributed by atoms with Crippen molar-refractivity contribution in [2.75, 3.05) is 16.4 Å². The Kier molecular flexibility index (Phi) is 8.04. The molecule has 1 aromatic heterocycles. The molecule has 3 aromatic rings. The minimum Gasteiger partial charge on any atom is -0.449 e. The van der Waals surface area contributed by atoms with Crippen LogP contribution >= 0.6 is 11.6 Å². The van der Waals surface area contributed by atoms with Crippen LogP contribution in [0.1, 0.15) is 36.4 Å². The van der Waals surface area contributed by atoms with Crippen molar-refractivity contribution in [3.8, 4) is 6.07 Å². The Hall–Kier alpha value is -4.63. The lowest BCUT2D eigenvalue weighted by Crippen LogP contribution is -2.58. The molecule has 1 aliphatic heterocycles. The summed E-state index contributed by atoms with van der Waals surface area (Å²) < 4.78 is 46.9. The van der Waals surface area contributed by atoms with Gasteiger partial charge in [0, 0.05) is 47.8 Å². The number of ether oxygens (including phenoxy) is 1. The lowest BCUT2D eigenvalue weighted by atomic mass is 9.87. The van der Waals surface area contributed by atoms with E-state index in [1.165, 1.54) is 42.6 Å². The molecule has 0 unspecified atom stereocenters. The van der Waals surface area contributed by atoms with Gasteiger partial charge in [-0.2, -0.15) is 5.26 Å². The number of cyclic esters (lactones) is 1. The van der Waals surface area contributed by atoms with E-state index in [2.05, 4.69) is 10.3 Å². The van der Waals surface area contributed by atoms with E-state index in [1.54, 1.807) is 12.1 Å². The van der Waals surface area contributed by atoms with Gasteiger partial charge in [-0.05, 0) is 36.4 Å². The molecule has 2 aliphatic rings. The molecule has 2 aromatic carbocycles. The monoisotopic (exact) mass is 597 g/mol. The van der Waals surface area contributed by atoms with Gasteiger partial charge in [-0.15, -0.1) is 0 Å². The van der Waals surface area contributed by atoms with Gasteiger partial charge < -0.3 is 10.1 Å². The third kappa shape index (κ3) is 5.87. The Morgan fingerprint density at radius 3 is 2.62 bits per heavy atom. The van der Waals surface area contributed by atoms with Crippen molar-refractivity contribution >= 4 is 41.0 Å². The van der Waals surface area contributed by atoms with Gasteiger partial charge in [0.1, 0.15) is 23.7 Å². The Labute approximate surface area is 243 Å². The average molecular weight is 598 g/mol. The van der Waals surface area contributed by atoms with Crippen molar-refractivity contribution in [3.05, 3.63) is 88.8 Å². The van der Waals surface area contributed by atoms with Crippen LogP contribution < -0.4 is 15.1 Å². The second kappa shape index (κ2) is 11.7. The number of benzene rings is 2. The number of nitrogens with zero attached hydrogens (tertiary/aromatic N) is 4. The van der Waals surface area contributed by atoms with Gasteiger partial charge in [0.05, 0.1) is 18.2 Å². The number of nitrogens with one attached hydrogen (secondary N) is 1.